The van der Waals surface area contributed by atoms with Crippen LogP contribution in [0.5, 0.6) is 0 Å². The number of carboxylic acids is 1. The van der Waals surface area contributed by atoms with Crippen LogP contribution in [0.25, 0.3) is 0 Å². The number of rotatable bonds is 1. The maximum atomic E-state index is 10.7. The lowest BCUT2D eigenvalue weighted by Crippen LogP contribution is -2.09. The summed E-state index contributed by atoms with van der Waals surface area (Å²) in [6.07, 6.45) is -0.0235. The van der Waals surface area contributed by atoms with Gasteiger partial charge in [0.1, 0.15) is 17.3 Å². The molecule has 0 aromatic rings. The Bertz CT molecular complexity index is 339. The Morgan fingerprint density at radius 3 is 1.61 bits per heavy atom. The number of carbonyl (C=O) groups is 4. The van der Waals surface area contributed by atoms with E-state index in [0.717, 1.165) is 0 Å². The van der Waals surface area contributed by atoms with Crippen molar-refractivity contribution in [3.63, 3.8) is 0 Å². The Kier molecular flexibility index (Phi) is 7.43. The molecule has 0 radical (unpaired) electrons. The normalized spacial score (nSPS) is 16.7. The largest absolute Gasteiger partial charge is 0.481 e. The monoisotopic (exact) mass is 316 g/mol. The van der Waals surface area contributed by atoms with Crippen LogP contribution in [-0.4, -0.2) is 32.2 Å². The van der Waals surface area contributed by atoms with Crippen LogP contribution in [0.3, 0.4) is 0 Å². The van der Waals surface area contributed by atoms with Crippen molar-refractivity contribution in [3.05, 3.63) is 0 Å². The van der Waals surface area contributed by atoms with Gasteiger partial charge in [-0.25, -0.2) is 0 Å². The zero-order valence-electron chi connectivity index (χ0n) is 9.25. The van der Waals surface area contributed by atoms with E-state index in [1.165, 1.54) is 0 Å². The average Bonchev–Trinajstić information content (AvgIpc) is 2.23. The van der Waals surface area contributed by atoms with E-state index in [4.69, 9.17) is 39.9 Å². The number of aliphatic carboxylic acids is 1. The number of hydrogen-bond acceptors (Lipinski definition) is 4. The SMILES string of the molecule is O=C(O)CC(Cl)(Cl)Cl.O=C1CCC(=O)CC(=O)C1. The molecule has 0 spiro atoms. The fraction of sp³-hybridized carbons (Fsp3) is 0.600. The summed E-state index contributed by atoms with van der Waals surface area (Å²) >= 11 is 15.2. The van der Waals surface area contributed by atoms with Crippen LogP contribution in [0.4, 0.5) is 0 Å². The minimum atomic E-state index is -1.66. The van der Waals surface area contributed by atoms with Crippen LogP contribution in [0.1, 0.15) is 32.1 Å². The second-order valence-corrected chi connectivity index (χ2v) is 6.17. The molecular weight excluding hydrogens is 306 g/mol. The van der Waals surface area contributed by atoms with Gasteiger partial charge in [0.15, 0.2) is 0 Å². The predicted molar refractivity (Wildman–Crippen MR) is 66.0 cm³/mol. The van der Waals surface area contributed by atoms with Crippen LogP contribution in [-0.2, 0) is 19.2 Å². The van der Waals surface area contributed by atoms with Crippen molar-refractivity contribution >= 4 is 58.1 Å². The summed E-state index contributed by atoms with van der Waals surface area (Å²) in [5.74, 6) is -1.55. The molecule has 1 aliphatic rings. The first-order valence-corrected chi connectivity index (χ1v) is 6.07. The van der Waals surface area contributed by atoms with Gasteiger partial charge in [0.2, 0.25) is 3.79 Å². The maximum absolute atomic E-state index is 10.7. The van der Waals surface area contributed by atoms with Crippen molar-refractivity contribution in [3.8, 4) is 0 Å². The number of hydrogen-bond donors (Lipinski definition) is 1. The van der Waals surface area contributed by atoms with Crippen LogP contribution < -0.4 is 0 Å². The fourth-order valence-corrected chi connectivity index (χ4v) is 1.47. The standard InChI is InChI=1S/C7H8O3.C3H3Cl3O2/c8-5-1-2-6(9)4-7(10)3-5;4-3(5,6)1-2(7)8/h1-4H2;1H2,(H,7,8). The third kappa shape index (κ3) is 10.5. The lowest BCUT2D eigenvalue weighted by molar-refractivity contribution is -0.137. The molecular formula is C10H11Cl3O5. The van der Waals surface area contributed by atoms with Crippen molar-refractivity contribution in [2.45, 2.75) is 35.9 Å². The summed E-state index contributed by atoms with van der Waals surface area (Å²) in [4.78, 5) is 41.8. The molecule has 0 bridgehead atoms. The predicted octanol–water partition coefficient (Wildman–Crippen LogP) is 2.10. The minimum Gasteiger partial charge on any atom is -0.481 e. The summed E-state index contributed by atoms with van der Waals surface area (Å²) in [7, 11) is 0. The quantitative estimate of drug-likeness (QED) is 0.454. The van der Waals surface area contributed by atoms with Crippen molar-refractivity contribution in [1.82, 2.24) is 0 Å². The topological polar surface area (TPSA) is 88.5 Å². The maximum Gasteiger partial charge on any atom is 0.307 e. The molecule has 0 heterocycles. The number of carboxylic acid groups (broad SMARTS) is 1. The molecule has 8 heteroatoms. The van der Waals surface area contributed by atoms with Gasteiger partial charge >= 0.3 is 5.97 Å². The molecule has 1 saturated carbocycles. The van der Waals surface area contributed by atoms with E-state index < -0.39 is 16.2 Å². The molecule has 18 heavy (non-hydrogen) atoms. The lowest BCUT2D eigenvalue weighted by Gasteiger charge is -2.03. The molecule has 0 unspecified atom stereocenters. The summed E-state index contributed by atoms with van der Waals surface area (Å²) in [6.45, 7) is 0. The summed E-state index contributed by atoms with van der Waals surface area (Å²) < 4.78 is -1.66. The number of alkyl halides is 3. The van der Waals surface area contributed by atoms with Crippen LogP contribution in [0, 0.1) is 0 Å². The number of halogens is 3. The van der Waals surface area contributed by atoms with Gasteiger partial charge in [-0.05, 0) is 0 Å². The number of ketones is 3. The number of carbonyl (C=O) groups excluding carboxylic acids is 3. The van der Waals surface area contributed by atoms with Gasteiger partial charge in [0.25, 0.3) is 0 Å². The summed E-state index contributed by atoms with van der Waals surface area (Å²) in [5, 5.41) is 8.00. The minimum absolute atomic E-state index is 0.0360. The molecule has 0 saturated heterocycles. The Labute approximate surface area is 118 Å². The van der Waals surface area contributed by atoms with E-state index in [1.54, 1.807) is 0 Å². The van der Waals surface area contributed by atoms with E-state index in [2.05, 4.69) is 0 Å². The van der Waals surface area contributed by atoms with Crippen molar-refractivity contribution in [1.29, 1.82) is 0 Å². The third-order valence-corrected chi connectivity index (χ3v) is 2.22. The van der Waals surface area contributed by atoms with Crippen LogP contribution in [0.15, 0.2) is 0 Å². The summed E-state index contributed by atoms with van der Waals surface area (Å²) in [5.41, 5.74) is 0. The van der Waals surface area contributed by atoms with Crippen molar-refractivity contribution < 1.29 is 24.3 Å². The molecule has 5 nitrogen and oxygen atoms in total. The molecule has 1 fully saturated rings. The zero-order chi connectivity index (χ0) is 14.3. The molecule has 1 N–H and O–H groups in total. The first kappa shape index (κ1) is 17.4. The highest BCUT2D eigenvalue weighted by Gasteiger charge is 2.23. The first-order chi connectivity index (χ1) is 8.10. The molecule has 0 aromatic heterocycles. The highest BCUT2D eigenvalue weighted by molar-refractivity contribution is 6.68. The third-order valence-electron chi connectivity index (χ3n) is 1.82. The van der Waals surface area contributed by atoms with E-state index >= 15 is 0 Å². The van der Waals surface area contributed by atoms with Crippen LogP contribution >= 0.6 is 34.8 Å². The Morgan fingerprint density at radius 2 is 1.39 bits per heavy atom. The molecule has 0 amide bonds. The van der Waals surface area contributed by atoms with E-state index in [1.807, 2.05) is 0 Å². The second kappa shape index (κ2) is 7.71. The van der Waals surface area contributed by atoms with Gasteiger partial charge in [-0.15, -0.1) is 0 Å². The Balaban J connectivity index is 0.000000331. The van der Waals surface area contributed by atoms with Crippen molar-refractivity contribution in [2.75, 3.05) is 0 Å². The van der Waals surface area contributed by atoms with Gasteiger partial charge in [0, 0.05) is 12.8 Å². The molecule has 0 aliphatic heterocycles. The highest BCUT2D eigenvalue weighted by atomic mass is 35.6. The van der Waals surface area contributed by atoms with Gasteiger partial charge < -0.3 is 5.11 Å². The zero-order valence-corrected chi connectivity index (χ0v) is 11.5. The van der Waals surface area contributed by atoms with Crippen molar-refractivity contribution in [2.24, 2.45) is 0 Å². The van der Waals surface area contributed by atoms with Crippen LogP contribution in [0.2, 0.25) is 0 Å². The second-order valence-electron chi connectivity index (χ2n) is 3.66. The molecule has 0 aromatic carbocycles. The average molecular weight is 318 g/mol. The fourth-order valence-electron chi connectivity index (χ4n) is 1.13. The highest BCUT2D eigenvalue weighted by Crippen LogP contribution is 2.29. The lowest BCUT2D eigenvalue weighted by atomic mass is 10.2. The first-order valence-electron chi connectivity index (χ1n) is 4.94. The molecule has 1 aliphatic carbocycles. The molecule has 102 valence electrons. The Morgan fingerprint density at radius 1 is 1.00 bits per heavy atom. The molecule has 1 rings (SSSR count). The molecule has 0 atom stereocenters. The van der Waals surface area contributed by atoms with E-state index in [0.29, 0.717) is 0 Å². The van der Waals surface area contributed by atoms with Gasteiger partial charge in [0.05, 0.1) is 19.3 Å². The smallest absolute Gasteiger partial charge is 0.307 e. The van der Waals surface area contributed by atoms with Gasteiger partial charge in [-0.3, -0.25) is 19.2 Å². The van der Waals surface area contributed by atoms with Gasteiger partial charge in [-0.1, -0.05) is 34.8 Å². The Hall–Kier alpha value is -0.650. The van der Waals surface area contributed by atoms with Gasteiger partial charge in [-0.2, -0.15) is 0 Å². The summed E-state index contributed by atoms with van der Waals surface area (Å²) in [6, 6.07) is 0. The number of Topliss-reactive ketones (excluding diaryl/α,β-unsaturated/α-hetero) is 3. The van der Waals surface area contributed by atoms with E-state index in [9.17, 15) is 19.2 Å². The van der Waals surface area contributed by atoms with E-state index in [-0.39, 0.29) is 43.0 Å².